The van der Waals surface area contributed by atoms with Gasteiger partial charge in [0.1, 0.15) is 12.0 Å². The molecule has 154 valence electrons. The van der Waals surface area contributed by atoms with E-state index >= 15 is 0 Å². The topological polar surface area (TPSA) is 81.4 Å². The van der Waals surface area contributed by atoms with Crippen molar-refractivity contribution in [1.82, 2.24) is 9.71 Å². The molecule has 0 spiro atoms. The highest BCUT2D eigenvalue weighted by molar-refractivity contribution is 7.89. The first-order valence-electron chi connectivity index (χ1n) is 9.39. The maximum Gasteiger partial charge on any atom is 0.241 e. The van der Waals surface area contributed by atoms with E-state index in [2.05, 4.69) is 9.71 Å². The van der Waals surface area contributed by atoms with Crippen LogP contribution in [0.2, 0.25) is 0 Å². The molecule has 0 aliphatic rings. The second-order valence-corrected chi connectivity index (χ2v) is 8.81. The van der Waals surface area contributed by atoms with Gasteiger partial charge in [-0.2, -0.15) is 0 Å². The summed E-state index contributed by atoms with van der Waals surface area (Å²) in [5.74, 6) is 1.25. The Balaban J connectivity index is 1.69. The summed E-state index contributed by atoms with van der Waals surface area (Å²) >= 11 is 0. The average Bonchev–Trinajstić information content (AvgIpc) is 3.15. The molecule has 1 aromatic heterocycles. The van der Waals surface area contributed by atoms with Crippen molar-refractivity contribution in [2.24, 2.45) is 0 Å². The van der Waals surface area contributed by atoms with Crippen LogP contribution in [0.5, 0.6) is 5.75 Å². The molecule has 0 fully saturated rings. The maximum atomic E-state index is 12.9. The SMILES string of the molecule is COc1ccc(-c2nc(CCNS(=O)(=O)c3c(C)c(C)cc(C)c3C)co2)cc1. The van der Waals surface area contributed by atoms with Crippen molar-refractivity contribution in [3.8, 4) is 17.2 Å². The molecule has 1 heterocycles. The molecule has 0 bridgehead atoms. The van der Waals surface area contributed by atoms with Gasteiger partial charge in [-0.15, -0.1) is 0 Å². The van der Waals surface area contributed by atoms with E-state index in [0.29, 0.717) is 22.9 Å². The first kappa shape index (κ1) is 21.1. The van der Waals surface area contributed by atoms with E-state index in [1.165, 1.54) is 0 Å². The van der Waals surface area contributed by atoms with Gasteiger partial charge in [0.25, 0.3) is 0 Å². The van der Waals surface area contributed by atoms with Crippen LogP contribution in [-0.4, -0.2) is 27.1 Å². The second kappa shape index (κ2) is 8.39. The zero-order chi connectivity index (χ0) is 21.2. The Morgan fingerprint density at radius 1 is 1.03 bits per heavy atom. The summed E-state index contributed by atoms with van der Waals surface area (Å²) in [5.41, 5.74) is 5.02. The number of sulfonamides is 1. The Kier molecular flexibility index (Phi) is 6.10. The van der Waals surface area contributed by atoms with Gasteiger partial charge in [0.05, 0.1) is 17.7 Å². The molecule has 0 amide bonds. The molecule has 0 radical (unpaired) electrons. The highest BCUT2D eigenvalue weighted by atomic mass is 32.2. The van der Waals surface area contributed by atoms with Gasteiger partial charge < -0.3 is 9.15 Å². The Bertz CT molecular complexity index is 1090. The van der Waals surface area contributed by atoms with Crippen LogP contribution in [0, 0.1) is 27.7 Å². The molecule has 7 heteroatoms. The first-order chi connectivity index (χ1) is 13.7. The number of hydrogen-bond donors (Lipinski definition) is 1. The van der Waals surface area contributed by atoms with Gasteiger partial charge in [0, 0.05) is 18.5 Å². The highest BCUT2D eigenvalue weighted by Crippen LogP contribution is 2.26. The van der Waals surface area contributed by atoms with E-state index in [4.69, 9.17) is 9.15 Å². The highest BCUT2D eigenvalue weighted by Gasteiger charge is 2.21. The molecule has 0 saturated carbocycles. The molecule has 2 aromatic carbocycles. The molecule has 0 atom stereocenters. The van der Waals surface area contributed by atoms with Gasteiger partial charge >= 0.3 is 0 Å². The van der Waals surface area contributed by atoms with Crippen LogP contribution in [0.1, 0.15) is 27.9 Å². The van der Waals surface area contributed by atoms with Crippen molar-refractivity contribution in [3.63, 3.8) is 0 Å². The van der Waals surface area contributed by atoms with Crippen molar-refractivity contribution in [2.45, 2.75) is 39.0 Å². The number of rotatable bonds is 7. The number of aromatic nitrogens is 1. The number of nitrogens with one attached hydrogen (secondary N) is 1. The van der Waals surface area contributed by atoms with Crippen molar-refractivity contribution < 1.29 is 17.6 Å². The van der Waals surface area contributed by atoms with Gasteiger partial charge in [-0.25, -0.2) is 18.1 Å². The van der Waals surface area contributed by atoms with Gasteiger partial charge in [-0.1, -0.05) is 6.07 Å². The summed E-state index contributed by atoms with van der Waals surface area (Å²) in [5, 5.41) is 0. The minimum absolute atomic E-state index is 0.239. The van der Waals surface area contributed by atoms with Gasteiger partial charge in [0.2, 0.25) is 15.9 Å². The minimum Gasteiger partial charge on any atom is -0.497 e. The number of ether oxygens (including phenoxy) is 1. The van der Waals surface area contributed by atoms with E-state index in [1.54, 1.807) is 13.4 Å². The van der Waals surface area contributed by atoms with Gasteiger partial charge in [-0.05, 0) is 74.2 Å². The summed E-state index contributed by atoms with van der Waals surface area (Å²) in [7, 11) is -2.00. The normalized spacial score (nSPS) is 11.6. The smallest absolute Gasteiger partial charge is 0.241 e. The molecule has 0 aliphatic heterocycles. The lowest BCUT2D eigenvalue weighted by Crippen LogP contribution is -2.28. The van der Waals surface area contributed by atoms with Crippen molar-refractivity contribution in [2.75, 3.05) is 13.7 Å². The molecule has 29 heavy (non-hydrogen) atoms. The van der Waals surface area contributed by atoms with E-state index in [1.807, 2.05) is 58.0 Å². The fraction of sp³-hybridized carbons (Fsp3) is 0.318. The van der Waals surface area contributed by atoms with E-state index in [0.717, 1.165) is 33.6 Å². The van der Waals surface area contributed by atoms with Crippen LogP contribution in [0.4, 0.5) is 0 Å². The molecule has 3 aromatic rings. The van der Waals surface area contributed by atoms with Crippen molar-refractivity contribution >= 4 is 10.0 Å². The van der Waals surface area contributed by atoms with Crippen LogP contribution in [0.3, 0.4) is 0 Å². The molecule has 3 rings (SSSR count). The maximum absolute atomic E-state index is 12.9. The number of hydrogen-bond acceptors (Lipinski definition) is 5. The summed E-state index contributed by atoms with van der Waals surface area (Å²) in [4.78, 5) is 4.82. The number of oxazole rings is 1. The van der Waals surface area contributed by atoms with Crippen LogP contribution in [-0.2, 0) is 16.4 Å². The lowest BCUT2D eigenvalue weighted by Gasteiger charge is -2.16. The lowest BCUT2D eigenvalue weighted by atomic mass is 10.0. The fourth-order valence-electron chi connectivity index (χ4n) is 3.26. The number of benzene rings is 2. The summed E-state index contributed by atoms with van der Waals surface area (Å²) in [6.45, 7) is 7.78. The number of nitrogens with zero attached hydrogens (tertiary/aromatic N) is 1. The monoisotopic (exact) mass is 414 g/mol. The molecular formula is C22H26N2O4S. The summed E-state index contributed by atoms with van der Waals surface area (Å²) < 4.78 is 39.2. The third-order valence-corrected chi connectivity index (χ3v) is 6.86. The molecule has 0 aliphatic carbocycles. The predicted molar refractivity (Wildman–Crippen MR) is 113 cm³/mol. The summed E-state index contributed by atoms with van der Waals surface area (Å²) in [6, 6.07) is 9.41. The Hall–Kier alpha value is -2.64. The number of aryl methyl sites for hydroxylation is 2. The molecular weight excluding hydrogens is 388 g/mol. The van der Waals surface area contributed by atoms with Crippen LogP contribution < -0.4 is 9.46 Å². The van der Waals surface area contributed by atoms with Crippen LogP contribution in [0.15, 0.2) is 45.9 Å². The molecule has 6 nitrogen and oxygen atoms in total. The standard InChI is InChI=1S/C22H26N2O4S/c1-14-12-15(2)17(4)21(16(14)3)29(25,26)23-11-10-19-13-28-22(24-19)18-6-8-20(27-5)9-7-18/h6-9,12-13,23H,10-11H2,1-5H3. The largest absolute Gasteiger partial charge is 0.497 e. The number of methoxy groups -OCH3 is 1. The van der Waals surface area contributed by atoms with Crippen molar-refractivity contribution in [3.05, 3.63) is 64.5 Å². The molecule has 0 saturated heterocycles. The Morgan fingerprint density at radius 2 is 1.66 bits per heavy atom. The van der Waals surface area contributed by atoms with E-state index in [-0.39, 0.29) is 6.54 Å². The second-order valence-electron chi connectivity index (χ2n) is 7.11. The van der Waals surface area contributed by atoms with Crippen molar-refractivity contribution in [1.29, 1.82) is 0 Å². The average molecular weight is 415 g/mol. The molecule has 1 N–H and O–H groups in total. The van der Waals surface area contributed by atoms with E-state index in [9.17, 15) is 8.42 Å². The first-order valence-corrected chi connectivity index (χ1v) is 10.9. The third kappa shape index (κ3) is 4.52. The molecule has 0 unspecified atom stereocenters. The van der Waals surface area contributed by atoms with Crippen LogP contribution >= 0.6 is 0 Å². The van der Waals surface area contributed by atoms with Gasteiger partial charge in [-0.3, -0.25) is 0 Å². The predicted octanol–water partition coefficient (Wildman–Crippen LogP) is 4.10. The summed E-state index contributed by atoms with van der Waals surface area (Å²) in [6.07, 6.45) is 1.99. The van der Waals surface area contributed by atoms with E-state index < -0.39 is 10.0 Å². The van der Waals surface area contributed by atoms with Gasteiger partial charge in [0.15, 0.2) is 0 Å². The zero-order valence-electron chi connectivity index (χ0n) is 17.4. The zero-order valence-corrected chi connectivity index (χ0v) is 18.2. The minimum atomic E-state index is -3.61. The fourth-order valence-corrected chi connectivity index (χ4v) is 4.90. The Labute approximate surface area is 172 Å². The third-order valence-electron chi connectivity index (χ3n) is 5.13. The van der Waals surface area contributed by atoms with Crippen LogP contribution in [0.25, 0.3) is 11.5 Å². The quantitative estimate of drug-likeness (QED) is 0.629. The Morgan fingerprint density at radius 3 is 2.24 bits per heavy atom. The lowest BCUT2D eigenvalue weighted by molar-refractivity contribution is 0.415.